The van der Waals surface area contributed by atoms with Gasteiger partial charge in [-0.25, -0.2) is 9.59 Å². The number of carbonyl (C=O) groups is 2. The van der Waals surface area contributed by atoms with Crippen molar-refractivity contribution in [2.75, 3.05) is 7.11 Å². The van der Waals surface area contributed by atoms with E-state index in [2.05, 4.69) is 0 Å². The van der Waals surface area contributed by atoms with E-state index in [4.69, 9.17) is 9.47 Å². The van der Waals surface area contributed by atoms with E-state index in [0.29, 0.717) is 6.54 Å². The number of amides is 1. The number of esters is 1. The summed E-state index contributed by atoms with van der Waals surface area (Å²) in [4.78, 5) is 25.6. The van der Waals surface area contributed by atoms with Crippen molar-refractivity contribution in [1.29, 1.82) is 0 Å². The first kappa shape index (κ1) is 15.4. The van der Waals surface area contributed by atoms with Crippen LogP contribution in [0.5, 0.6) is 0 Å². The number of rotatable bonds is 4. The molecule has 1 aromatic carbocycles. The first-order valence-electron chi connectivity index (χ1n) is 7.04. The molecule has 1 aliphatic heterocycles. The minimum Gasteiger partial charge on any atom is -0.467 e. The van der Waals surface area contributed by atoms with E-state index < -0.39 is 24.2 Å². The lowest BCUT2D eigenvalue weighted by Gasteiger charge is -2.24. The molecule has 0 spiro atoms. The number of cyclic esters (lactones) is 1. The number of methoxy groups -OCH3 is 1. The number of aryl methyl sites for hydroxylation is 1. The Morgan fingerprint density at radius 1 is 1.43 bits per heavy atom. The summed E-state index contributed by atoms with van der Waals surface area (Å²) in [7, 11) is 1.33. The number of hydrogen-bond donors (Lipinski definition) is 0. The van der Waals surface area contributed by atoms with Gasteiger partial charge in [0.1, 0.15) is 6.10 Å². The van der Waals surface area contributed by atoms with E-state index in [-0.39, 0.29) is 5.92 Å². The minimum absolute atomic E-state index is 0.0422. The lowest BCUT2D eigenvalue weighted by molar-refractivity contribution is -0.147. The monoisotopic (exact) mass is 291 g/mol. The minimum atomic E-state index is -0.692. The average molecular weight is 291 g/mol. The highest BCUT2D eigenvalue weighted by molar-refractivity contribution is 5.85. The third-order valence-electron chi connectivity index (χ3n) is 3.65. The zero-order valence-corrected chi connectivity index (χ0v) is 12.8. The summed E-state index contributed by atoms with van der Waals surface area (Å²) in [5.41, 5.74) is 2.07. The first-order chi connectivity index (χ1) is 9.93. The fraction of sp³-hybridized carbons (Fsp3) is 0.500. The molecule has 5 heteroatoms. The highest BCUT2D eigenvalue weighted by Gasteiger charge is 2.48. The SMILES string of the molecule is COC(=O)[C@H]1[C@H](C(C)C)OC(=O)N1Cc1cccc(C)c1. The molecule has 5 nitrogen and oxygen atoms in total. The van der Waals surface area contributed by atoms with Crippen molar-refractivity contribution >= 4 is 12.1 Å². The third-order valence-corrected chi connectivity index (χ3v) is 3.65. The molecular weight excluding hydrogens is 270 g/mol. The normalized spacial score (nSPS) is 21.6. The van der Waals surface area contributed by atoms with Crippen LogP contribution >= 0.6 is 0 Å². The van der Waals surface area contributed by atoms with Gasteiger partial charge < -0.3 is 9.47 Å². The number of benzene rings is 1. The van der Waals surface area contributed by atoms with Crippen LogP contribution in [0.25, 0.3) is 0 Å². The molecule has 0 aromatic heterocycles. The van der Waals surface area contributed by atoms with Crippen molar-refractivity contribution in [2.24, 2.45) is 5.92 Å². The maximum Gasteiger partial charge on any atom is 0.411 e. The molecule has 1 amide bonds. The Morgan fingerprint density at radius 3 is 2.71 bits per heavy atom. The van der Waals surface area contributed by atoms with Crippen LogP contribution < -0.4 is 0 Å². The standard InChI is InChI=1S/C16H21NO4/c1-10(2)14-13(15(18)20-4)17(16(19)21-14)9-12-7-5-6-11(3)8-12/h5-8,10,13-14H,9H2,1-4H3/t13-,14+/m1/s1. The highest BCUT2D eigenvalue weighted by atomic mass is 16.6. The second-order valence-electron chi connectivity index (χ2n) is 5.68. The Morgan fingerprint density at radius 2 is 2.14 bits per heavy atom. The molecule has 1 fully saturated rings. The van der Waals surface area contributed by atoms with Crippen LogP contribution in [0.1, 0.15) is 25.0 Å². The Bertz CT molecular complexity index is 541. The molecule has 0 N–H and O–H groups in total. The second kappa shape index (κ2) is 6.16. The topological polar surface area (TPSA) is 55.8 Å². The number of hydrogen-bond acceptors (Lipinski definition) is 4. The maximum atomic E-state index is 12.1. The van der Waals surface area contributed by atoms with Gasteiger partial charge in [0, 0.05) is 0 Å². The van der Waals surface area contributed by atoms with Crippen molar-refractivity contribution < 1.29 is 19.1 Å². The van der Waals surface area contributed by atoms with E-state index >= 15 is 0 Å². The zero-order chi connectivity index (χ0) is 15.6. The Balaban J connectivity index is 2.26. The highest BCUT2D eigenvalue weighted by Crippen LogP contribution is 2.28. The van der Waals surface area contributed by atoms with Crippen molar-refractivity contribution in [2.45, 2.75) is 39.5 Å². The van der Waals surface area contributed by atoms with Crippen molar-refractivity contribution in [3.8, 4) is 0 Å². The predicted molar refractivity (Wildman–Crippen MR) is 77.6 cm³/mol. The van der Waals surface area contributed by atoms with Gasteiger partial charge >= 0.3 is 12.1 Å². The van der Waals surface area contributed by atoms with Gasteiger partial charge in [-0.2, -0.15) is 0 Å². The number of nitrogens with zero attached hydrogens (tertiary/aromatic N) is 1. The Hall–Kier alpha value is -2.04. The summed E-state index contributed by atoms with van der Waals surface area (Å²) in [6.07, 6.45) is -0.944. The quantitative estimate of drug-likeness (QED) is 0.800. The van der Waals surface area contributed by atoms with Crippen LogP contribution in [0.3, 0.4) is 0 Å². The molecule has 1 heterocycles. The van der Waals surface area contributed by atoms with Crippen molar-refractivity contribution in [3.05, 3.63) is 35.4 Å². The smallest absolute Gasteiger partial charge is 0.411 e. The molecule has 1 aromatic rings. The first-order valence-corrected chi connectivity index (χ1v) is 7.04. The fourth-order valence-corrected chi connectivity index (χ4v) is 2.59. The second-order valence-corrected chi connectivity index (χ2v) is 5.68. The van der Waals surface area contributed by atoms with Gasteiger partial charge in [0.2, 0.25) is 0 Å². The molecule has 1 aliphatic rings. The summed E-state index contributed by atoms with van der Waals surface area (Å²) in [5.74, 6) is -0.396. The van der Waals surface area contributed by atoms with Crippen LogP contribution in [0.2, 0.25) is 0 Å². The molecule has 0 radical (unpaired) electrons. The average Bonchev–Trinajstić information content (AvgIpc) is 2.76. The fourth-order valence-electron chi connectivity index (χ4n) is 2.59. The summed E-state index contributed by atoms with van der Waals surface area (Å²) >= 11 is 0. The lowest BCUT2D eigenvalue weighted by Crippen LogP contribution is -2.44. The number of ether oxygens (including phenoxy) is 2. The van der Waals surface area contributed by atoms with Crippen LogP contribution in [-0.4, -0.2) is 36.2 Å². The van der Waals surface area contributed by atoms with Gasteiger partial charge in [-0.1, -0.05) is 43.7 Å². The van der Waals surface area contributed by atoms with Gasteiger partial charge in [0.25, 0.3) is 0 Å². The maximum absolute atomic E-state index is 12.1. The molecule has 21 heavy (non-hydrogen) atoms. The van der Waals surface area contributed by atoms with Crippen LogP contribution in [0.15, 0.2) is 24.3 Å². The molecule has 2 atom stereocenters. The van der Waals surface area contributed by atoms with Crippen molar-refractivity contribution in [1.82, 2.24) is 4.90 Å². The lowest BCUT2D eigenvalue weighted by atomic mass is 9.99. The third kappa shape index (κ3) is 3.17. The van der Waals surface area contributed by atoms with Crippen LogP contribution in [0.4, 0.5) is 4.79 Å². The van der Waals surface area contributed by atoms with E-state index in [1.165, 1.54) is 12.0 Å². The Kier molecular flexibility index (Phi) is 4.50. The molecule has 0 bridgehead atoms. The predicted octanol–water partition coefficient (Wildman–Crippen LogP) is 2.51. The number of carbonyl (C=O) groups excluding carboxylic acids is 2. The molecule has 1 saturated heterocycles. The van der Waals surface area contributed by atoms with Crippen molar-refractivity contribution in [3.63, 3.8) is 0 Å². The molecule has 0 unspecified atom stereocenters. The molecule has 0 saturated carbocycles. The van der Waals surface area contributed by atoms with Gasteiger partial charge in [-0.05, 0) is 18.4 Å². The summed E-state index contributed by atoms with van der Waals surface area (Å²) in [5, 5.41) is 0. The van der Waals surface area contributed by atoms with Crippen LogP contribution in [-0.2, 0) is 20.8 Å². The molecule has 2 rings (SSSR count). The largest absolute Gasteiger partial charge is 0.467 e. The zero-order valence-electron chi connectivity index (χ0n) is 12.8. The molecule has 0 aliphatic carbocycles. The Labute approximate surface area is 124 Å². The summed E-state index contributed by atoms with van der Waals surface area (Å²) in [6, 6.07) is 7.14. The molecule has 114 valence electrons. The van der Waals surface area contributed by atoms with Gasteiger partial charge in [0.15, 0.2) is 6.04 Å². The molecular formula is C16H21NO4. The van der Waals surface area contributed by atoms with E-state index in [9.17, 15) is 9.59 Å². The van der Waals surface area contributed by atoms with E-state index in [0.717, 1.165) is 11.1 Å². The van der Waals surface area contributed by atoms with E-state index in [1.54, 1.807) is 0 Å². The van der Waals surface area contributed by atoms with Gasteiger partial charge in [0.05, 0.1) is 13.7 Å². The summed E-state index contributed by atoms with van der Waals surface area (Å²) < 4.78 is 10.2. The summed E-state index contributed by atoms with van der Waals surface area (Å²) in [6.45, 7) is 6.16. The van der Waals surface area contributed by atoms with E-state index in [1.807, 2.05) is 45.0 Å². The van der Waals surface area contributed by atoms with Gasteiger partial charge in [-0.3, -0.25) is 4.90 Å². The van der Waals surface area contributed by atoms with Crippen LogP contribution in [0, 0.1) is 12.8 Å². The van der Waals surface area contributed by atoms with Gasteiger partial charge in [-0.15, -0.1) is 0 Å².